The number of hydrogen-bond acceptors (Lipinski definition) is 4. The quantitative estimate of drug-likeness (QED) is 0.668. The molecule has 1 saturated heterocycles. The fourth-order valence-electron chi connectivity index (χ4n) is 4.22. The van der Waals surface area contributed by atoms with Gasteiger partial charge in [0.25, 0.3) is 5.91 Å². The Hall–Kier alpha value is -1.83. The number of hydrogen-bond donors (Lipinski definition) is 0. The summed E-state index contributed by atoms with van der Waals surface area (Å²) >= 11 is 1.48. The summed E-state index contributed by atoms with van der Waals surface area (Å²) in [6, 6.07) is 13.0. The fourth-order valence-corrected chi connectivity index (χ4v) is 6.24. The molecule has 2 heterocycles. The van der Waals surface area contributed by atoms with Crippen molar-refractivity contribution in [1.29, 1.82) is 0 Å². The van der Waals surface area contributed by atoms with E-state index in [1.165, 1.54) is 21.6 Å². The molecule has 0 radical (unpaired) electrons. The van der Waals surface area contributed by atoms with Gasteiger partial charge in [-0.25, -0.2) is 8.42 Å². The molecule has 2 aromatic rings. The zero-order valence-electron chi connectivity index (χ0n) is 17.5. The third-order valence-corrected chi connectivity index (χ3v) is 8.84. The van der Waals surface area contributed by atoms with Crippen molar-refractivity contribution in [3.63, 3.8) is 0 Å². The third-order valence-electron chi connectivity index (χ3n) is 6.21. The smallest absolute Gasteiger partial charge is 0.255 e. The number of nitrogens with zero attached hydrogens (tertiary/aromatic N) is 2. The number of amides is 1. The number of likely N-dealkylation sites (tertiary alicyclic amines) is 1. The van der Waals surface area contributed by atoms with Crippen LogP contribution < -0.4 is 0 Å². The molecule has 7 heteroatoms. The molecule has 2 aliphatic rings. The normalized spacial score (nSPS) is 18.3. The lowest BCUT2D eigenvalue weighted by Gasteiger charge is -2.31. The Bertz CT molecular complexity index is 1040. The van der Waals surface area contributed by atoms with E-state index < -0.39 is 10.0 Å². The molecule has 1 fully saturated rings. The lowest BCUT2D eigenvalue weighted by molar-refractivity contribution is 0.0693. The van der Waals surface area contributed by atoms with Crippen LogP contribution in [0.1, 0.15) is 41.3 Å². The SMILES string of the molecule is CSc1ccc(S(=O)(=O)N2CCc3ccccc3C2)cc1C(=O)N1CCC(C)CC1. The summed E-state index contributed by atoms with van der Waals surface area (Å²) < 4.78 is 28.3. The molecule has 0 bridgehead atoms. The van der Waals surface area contributed by atoms with Gasteiger partial charge in [0.15, 0.2) is 0 Å². The van der Waals surface area contributed by atoms with E-state index in [1.807, 2.05) is 29.4 Å². The van der Waals surface area contributed by atoms with Crippen molar-refractivity contribution in [3.05, 3.63) is 59.2 Å². The minimum Gasteiger partial charge on any atom is -0.339 e. The predicted molar refractivity (Wildman–Crippen MR) is 120 cm³/mol. The molecule has 30 heavy (non-hydrogen) atoms. The molecule has 160 valence electrons. The molecule has 2 aliphatic heterocycles. The second kappa shape index (κ2) is 8.73. The average Bonchev–Trinajstić information content (AvgIpc) is 2.78. The summed E-state index contributed by atoms with van der Waals surface area (Å²) in [6.45, 7) is 4.49. The van der Waals surface area contributed by atoms with Gasteiger partial charge in [0, 0.05) is 31.1 Å². The van der Waals surface area contributed by atoms with Gasteiger partial charge < -0.3 is 4.90 Å². The van der Waals surface area contributed by atoms with Crippen LogP contribution in [0.5, 0.6) is 0 Å². The maximum atomic E-state index is 13.4. The van der Waals surface area contributed by atoms with Crippen LogP contribution in [0.15, 0.2) is 52.3 Å². The zero-order valence-corrected chi connectivity index (χ0v) is 19.1. The van der Waals surface area contributed by atoms with Crippen LogP contribution in [0, 0.1) is 5.92 Å². The van der Waals surface area contributed by atoms with E-state index in [4.69, 9.17) is 0 Å². The number of piperidine rings is 1. The third kappa shape index (κ3) is 4.15. The highest BCUT2D eigenvalue weighted by Crippen LogP contribution is 2.30. The van der Waals surface area contributed by atoms with Crippen molar-refractivity contribution < 1.29 is 13.2 Å². The molecule has 2 aromatic carbocycles. The summed E-state index contributed by atoms with van der Waals surface area (Å²) in [7, 11) is -3.67. The number of benzene rings is 2. The van der Waals surface area contributed by atoms with E-state index in [1.54, 1.807) is 18.2 Å². The molecule has 0 aromatic heterocycles. The monoisotopic (exact) mass is 444 g/mol. The molecule has 0 spiro atoms. The van der Waals surface area contributed by atoms with Gasteiger partial charge in [-0.1, -0.05) is 31.2 Å². The molecular formula is C23H28N2O3S2. The van der Waals surface area contributed by atoms with Gasteiger partial charge in [-0.15, -0.1) is 11.8 Å². The highest BCUT2D eigenvalue weighted by atomic mass is 32.2. The molecule has 0 N–H and O–H groups in total. The van der Waals surface area contributed by atoms with E-state index in [-0.39, 0.29) is 10.8 Å². The van der Waals surface area contributed by atoms with Crippen LogP contribution in [-0.2, 0) is 23.0 Å². The van der Waals surface area contributed by atoms with Crippen molar-refractivity contribution in [3.8, 4) is 0 Å². The van der Waals surface area contributed by atoms with E-state index in [2.05, 4.69) is 13.0 Å². The van der Waals surface area contributed by atoms with E-state index >= 15 is 0 Å². The number of carbonyl (C=O) groups excluding carboxylic acids is 1. The largest absolute Gasteiger partial charge is 0.339 e. The van der Waals surface area contributed by atoms with E-state index in [0.29, 0.717) is 31.0 Å². The first kappa shape index (κ1) is 21.4. The fraction of sp³-hybridized carbons (Fsp3) is 0.435. The number of rotatable bonds is 4. The summed E-state index contributed by atoms with van der Waals surface area (Å²) in [5.74, 6) is 0.565. The molecule has 0 atom stereocenters. The first-order chi connectivity index (χ1) is 14.4. The Morgan fingerprint density at radius 2 is 1.73 bits per heavy atom. The summed E-state index contributed by atoms with van der Waals surface area (Å²) in [5.41, 5.74) is 2.75. The molecule has 0 aliphatic carbocycles. The zero-order chi connectivity index (χ0) is 21.3. The second-order valence-electron chi connectivity index (χ2n) is 8.19. The van der Waals surface area contributed by atoms with Gasteiger partial charge in [0.05, 0.1) is 10.5 Å². The van der Waals surface area contributed by atoms with Crippen LogP contribution in [0.4, 0.5) is 0 Å². The lowest BCUT2D eigenvalue weighted by Crippen LogP contribution is -2.38. The molecule has 0 unspecified atom stereocenters. The van der Waals surface area contributed by atoms with Crippen molar-refractivity contribution in [2.75, 3.05) is 25.9 Å². The molecule has 5 nitrogen and oxygen atoms in total. The van der Waals surface area contributed by atoms with Gasteiger partial charge in [-0.05, 0) is 60.8 Å². The number of fused-ring (bicyclic) bond motifs is 1. The Kier molecular flexibility index (Phi) is 6.23. The highest BCUT2D eigenvalue weighted by molar-refractivity contribution is 7.98. The second-order valence-corrected chi connectivity index (χ2v) is 11.0. The standard InChI is InChI=1S/C23H28N2O3S2/c1-17-9-12-24(13-10-17)23(26)21-15-20(7-8-22(21)29-2)30(27,28)25-14-11-18-5-3-4-6-19(18)16-25/h3-8,15,17H,9-14,16H2,1-2H3. The van der Waals surface area contributed by atoms with Gasteiger partial charge in [-0.3, -0.25) is 4.79 Å². The summed E-state index contributed by atoms with van der Waals surface area (Å²) in [6.07, 6.45) is 4.60. The van der Waals surface area contributed by atoms with E-state index in [9.17, 15) is 13.2 Å². The van der Waals surface area contributed by atoms with Gasteiger partial charge in [0.1, 0.15) is 0 Å². The first-order valence-corrected chi connectivity index (χ1v) is 13.1. The topological polar surface area (TPSA) is 57.7 Å². The number of carbonyl (C=O) groups is 1. The van der Waals surface area contributed by atoms with Crippen LogP contribution in [0.2, 0.25) is 0 Å². The van der Waals surface area contributed by atoms with Gasteiger partial charge in [-0.2, -0.15) is 4.31 Å². The van der Waals surface area contributed by atoms with Gasteiger partial charge in [0.2, 0.25) is 10.0 Å². The Morgan fingerprint density at radius 1 is 1.03 bits per heavy atom. The molecule has 1 amide bonds. The maximum Gasteiger partial charge on any atom is 0.255 e. The van der Waals surface area contributed by atoms with Crippen LogP contribution >= 0.6 is 11.8 Å². The molecule has 0 saturated carbocycles. The minimum atomic E-state index is -3.67. The van der Waals surface area contributed by atoms with Crippen molar-refractivity contribution in [2.45, 2.75) is 42.5 Å². The van der Waals surface area contributed by atoms with Crippen molar-refractivity contribution in [1.82, 2.24) is 9.21 Å². The van der Waals surface area contributed by atoms with Crippen LogP contribution in [-0.4, -0.2) is 49.4 Å². The molecular weight excluding hydrogens is 416 g/mol. The maximum absolute atomic E-state index is 13.4. The Balaban J connectivity index is 1.63. The summed E-state index contributed by atoms with van der Waals surface area (Å²) in [5, 5.41) is 0. The Morgan fingerprint density at radius 3 is 2.43 bits per heavy atom. The van der Waals surface area contributed by atoms with E-state index in [0.717, 1.165) is 36.4 Å². The van der Waals surface area contributed by atoms with Crippen LogP contribution in [0.25, 0.3) is 0 Å². The van der Waals surface area contributed by atoms with Crippen molar-refractivity contribution in [2.24, 2.45) is 5.92 Å². The number of thioether (sulfide) groups is 1. The average molecular weight is 445 g/mol. The molecule has 4 rings (SSSR count). The predicted octanol–water partition coefficient (Wildman–Crippen LogP) is 4.03. The number of sulfonamides is 1. The first-order valence-electron chi connectivity index (χ1n) is 10.4. The highest BCUT2D eigenvalue weighted by Gasteiger charge is 2.30. The van der Waals surface area contributed by atoms with Crippen LogP contribution in [0.3, 0.4) is 0 Å². The Labute approximate surface area is 183 Å². The lowest BCUT2D eigenvalue weighted by atomic mass is 9.98. The van der Waals surface area contributed by atoms with Gasteiger partial charge >= 0.3 is 0 Å². The van der Waals surface area contributed by atoms with Crippen molar-refractivity contribution >= 4 is 27.7 Å². The summed E-state index contributed by atoms with van der Waals surface area (Å²) in [4.78, 5) is 16.1. The minimum absolute atomic E-state index is 0.0627.